The van der Waals surface area contributed by atoms with Crippen LogP contribution in [0.4, 0.5) is 4.39 Å². The molecular weight excluding hydrogens is 367 g/mol. The van der Waals surface area contributed by atoms with Crippen LogP contribution in [0.25, 0.3) is 0 Å². The lowest BCUT2D eigenvalue weighted by Crippen LogP contribution is -2.40. The number of benzene rings is 1. The number of halogens is 2. The summed E-state index contributed by atoms with van der Waals surface area (Å²) >= 11 is 5.74. The number of fused-ring (bicyclic) bond motifs is 1. The maximum absolute atomic E-state index is 13.3. The van der Waals surface area contributed by atoms with Crippen molar-refractivity contribution >= 4 is 23.5 Å². The van der Waals surface area contributed by atoms with Gasteiger partial charge in [0.2, 0.25) is 0 Å². The molecule has 0 unspecified atom stereocenters. The van der Waals surface area contributed by atoms with E-state index in [1.807, 2.05) is 0 Å². The molecule has 0 saturated carbocycles. The Morgan fingerprint density at radius 3 is 2.65 bits per heavy atom. The number of carboxylic acids is 1. The van der Waals surface area contributed by atoms with Gasteiger partial charge in [0, 0.05) is 25.7 Å². The Balaban J connectivity index is 2.04. The van der Waals surface area contributed by atoms with E-state index in [1.165, 1.54) is 30.1 Å². The van der Waals surface area contributed by atoms with Crippen LogP contribution >= 0.6 is 11.6 Å². The van der Waals surface area contributed by atoms with Gasteiger partial charge < -0.3 is 19.7 Å². The van der Waals surface area contributed by atoms with Crippen LogP contribution in [0.2, 0.25) is 5.02 Å². The third-order valence-corrected chi connectivity index (χ3v) is 4.65. The standard InChI is InChI=1S/C17H14ClFN2O5/c1-20-13(17(25)26)9-4-5-21(15(23)12(9)14(22)16(20)24)7-8-2-3-11(19)10(18)6-8/h2-3,6,22H,4-5,7H2,1H3,(H,25,26). The van der Waals surface area contributed by atoms with E-state index in [-0.39, 0.29) is 41.4 Å². The number of aromatic nitrogens is 1. The zero-order valence-electron chi connectivity index (χ0n) is 13.6. The van der Waals surface area contributed by atoms with Crippen LogP contribution in [0.15, 0.2) is 23.0 Å². The SMILES string of the molecule is Cn1c(C(=O)O)c2c(c(O)c1=O)C(=O)N(Cc1ccc(F)c(Cl)c1)CC2. The molecule has 0 bridgehead atoms. The van der Waals surface area contributed by atoms with Gasteiger partial charge in [-0.25, -0.2) is 9.18 Å². The van der Waals surface area contributed by atoms with Gasteiger partial charge in [-0.15, -0.1) is 0 Å². The molecule has 0 fully saturated rings. The fourth-order valence-electron chi connectivity index (χ4n) is 3.09. The summed E-state index contributed by atoms with van der Waals surface area (Å²) in [7, 11) is 1.23. The molecule has 0 atom stereocenters. The molecule has 0 saturated heterocycles. The molecule has 1 aromatic heterocycles. The second kappa shape index (κ2) is 6.45. The summed E-state index contributed by atoms with van der Waals surface area (Å²) < 4.78 is 14.1. The number of carboxylic acid groups (broad SMARTS) is 1. The second-order valence-corrected chi connectivity index (χ2v) is 6.35. The Morgan fingerprint density at radius 1 is 1.35 bits per heavy atom. The summed E-state index contributed by atoms with van der Waals surface area (Å²) in [6, 6.07) is 4.03. The zero-order valence-corrected chi connectivity index (χ0v) is 14.4. The first-order chi connectivity index (χ1) is 12.2. The highest BCUT2D eigenvalue weighted by Gasteiger charge is 2.34. The van der Waals surface area contributed by atoms with Gasteiger partial charge >= 0.3 is 5.97 Å². The topological polar surface area (TPSA) is 99.8 Å². The lowest BCUT2D eigenvalue weighted by Gasteiger charge is -2.30. The molecule has 2 heterocycles. The predicted molar refractivity (Wildman–Crippen MR) is 90.2 cm³/mol. The van der Waals surface area contributed by atoms with Crippen LogP contribution in [0.1, 0.15) is 32.0 Å². The minimum Gasteiger partial charge on any atom is -0.502 e. The van der Waals surface area contributed by atoms with E-state index >= 15 is 0 Å². The number of carbonyl (C=O) groups is 2. The van der Waals surface area contributed by atoms with Crippen molar-refractivity contribution in [3.63, 3.8) is 0 Å². The molecular formula is C17H14ClFN2O5. The van der Waals surface area contributed by atoms with Crippen molar-refractivity contribution in [1.82, 2.24) is 9.47 Å². The molecule has 136 valence electrons. The molecule has 0 spiro atoms. The number of rotatable bonds is 3. The molecule has 1 aliphatic heterocycles. The van der Waals surface area contributed by atoms with Crippen LogP contribution < -0.4 is 5.56 Å². The number of nitrogens with zero attached hydrogens (tertiary/aromatic N) is 2. The van der Waals surface area contributed by atoms with Crippen LogP contribution in [0, 0.1) is 5.82 Å². The second-order valence-electron chi connectivity index (χ2n) is 5.95. The highest BCUT2D eigenvalue weighted by atomic mass is 35.5. The fraction of sp³-hybridized carbons (Fsp3) is 0.235. The van der Waals surface area contributed by atoms with E-state index in [4.69, 9.17) is 11.6 Å². The van der Waals surface area contributed by atoms with Crippen LogP contribution in [0.5, 0.6) is 5.75 Å². The van der Waals surface area contributed by atoms with Gasteiger partial charge in [-0.1, -0.05) is 17.7 Å². The van der Waals surface area contributed by atoms with Crippen molar-refractivity contribution in [2.24, 2.45) is 7.05 Å². The van der Waals surface area contributed by atoms with Crippen LogP contribution in [-0.4, -0.2) is 38.1 Å². The van der Waals surface area contributed by atoms with Gasteiger partial charge in [0.05, 0.1) is 10.6 Å². The third kappa shape index (κ3) is 2.82. The van der Waals surface area contributed by atoms with Crippen molar-refractivity contribution in [2.75, 3.05) is 6.54 Å². The van der Waals surface area contributed by atoms with E-state index < -0.39 is 29.0 Å². The van der Waals surface area contributed by atoms with E-state index in [0.717, 1.165) is 4.57 Å². The number of hydrogen-bond donors (Lipinski definition) is 2. The molecule has 7 nitrogen and oxygen atoms in total. The zero-order chi connectivity index (χ0) is 19.2. The Bertz CT molecular complexity index is 1000. The maximum atomic E-state index is 13.3. The number of aromatic hydroxyl groups is 1. The van der Waals surface area contributed by atoms with Gasteiger partial charge in [-0.2, -0.15) is 0 Å². The molecule has 3 rings (SSSR count). The Labute approximate surface area is 151 Å². The number of hydrogen-bond acceptors (Lipinski definition) is 4. The first-order valence-corrected chi connectivity index (χ1v) is 8.01. The lowest BCUT2D eigenvalue weighted by atomic mass is 9.96. The fourth-order valence-corrected chi connectivity index (χ4v) is 3.30. The summed E-state index contributed by atoms with van der Waals surface area (Å²) in [5.74, 6) is -3.38. The number of pyridine rings is 1. The van der Waals surface area contributed by atoms with Crippen molar-refractivity contribution in [2.45, 2.75) is 13.0 Å². The Kier molecular flexibility index (Phi) is 4.45. The smallest absolute Gasteiger partial charge is 0.352 e. The van der Waals surface area contributed by atoms with E-state index in [1.54, 1.807) is 0 Å². The molecule has 1 amide bonds. The quantitative estimate of drug-likeness (QED) is 0.845. The summed E-state index contributed by atoms with van der Waals surface area (Å²) in [4.78, 5) is 37.7. The first-order valence-electron chi connectivity index (χ1n) is 7.63. The maximum Gasteiger partial charge on any atom is 0.352 e. The highest BCUT2D eigenvalue weighted by Crippen LogP contribution is 2.28. The summed E-state index contributed by atoms with van der Waals surface area (Å²) in [6.07, 6.45) is 0.152. The van der Waals surface area contributed by atoms with Crippen molar-refractivity contribution in [3.8, 4) is 5.75 Å². The predicted octanol–water partition coefficient (Wildman–Crippen LogP) is 1.78. The summed E-state index contributed by atoms with van der Waals surface area (Å²) in [5.41, 5.74) is -0.891. The van der Waals surface area contributed by atoms with E-state index in [9.17, 15) is 29.0 Å². The first kappa shape index (κ1) is 17.9. The van der Waals surface area contributed by atoms with Gasteiger partial charge in [0.25, 0.3) is 11.5 Å². The van der Waals surface area contributed by atoms with E-state index in [2.05, 4.69) is 0 Å². The van der Waals surface area contributed by atoms with Crippen molar-refractivity contribution in [1.29, 1.82) is 0 Å². The van der Waals surface area contributed by atoms with Crippen molar-refractivity contribution in [3.05, 3.63) is 61.8 Å². The average Bonchev–Trinajstić information content (AvgIpc) is 2.58. The number of amides is 1. The molecule has 0 radical (unpaired) electrons. The minimum atomic E-state index is -1.35. The van der Waals surface area contributed by atoms with Gasteiger partial charge in [-0.3, -0.25) is 9.59 Å². The highest BCUT2D eigenvalue weighted by molar-refractivity contribution is 6.30. The van der Waals surface area contributed by atoms with Crippen molar-refractivity contribution < 1.29 is 24.2 Å². The minimum absolute atomic E-state index is 0.0787. The molecule has 2 aromatic rings. The molecule has 2 N–H and O–H groups in total. The number of carbonyl (C=O) groups excluding carboxylic acids is 1. The molecule has 26 heavy (non-hydrogen) atoms. The molecule has 1 aromatic carbocycles. The monoisotopic (exact) mass is 380 g/mol. The Hall–Kier alpha value is -2.87. The van der Waals surface area contributed by atoms with E-state index in [0.29, 0.717) is 5.56 Å². The molecule has 9 heteroatoms. The third-order valence-electron chi connectivity index (χ3n) is 4.36. The van der Waals surface area contributed by atoms with Gasteiger partial charge in [0.1, 0.15) is 11.5 Å². The van der Waals surface area contributed by atoms with Crippen LogP contribution in [0.3, 0.4) is 0 Å². The number of aromatic carboxylic acids is 1. The van der Waals surface area contributed by atoms with Gasteiger partial charge in [-0.05, 0) is 24.1 Å². The normalized spacial score (nSPS) is 13.7. The largest absolute Gasteiger partial charge is 0.502 e. The molecule has 1 aliphatic rings. The summed E-state index contributed by atoms with van der Waals surface area (Å²) in [5, 5.41) is 19.4. The molecule has 0 aliphatic carbocycles. The summed E-state index contributed by atoms with van der Waals surface area (Å²) in [6.45, 7) is 0.258. The van der Waals surface area contributed by atoms with Gasteiger partial charge in [0.15, 0.2) is 5.75 Å². The lowest BCUT2D eigenvalue weighted by molar-refractivity contribution is 0.0678. The Morgan fingerprint density at radius 2 is 2.04 bits per heavy atom. The van der Waals surface area contributed by atoms with Crippen LogP contribution in [-0.2, 0) is 20.0 Å². The average molecular weight is 381 g/mol.